The number of carbonyl (C=O) groups is 1. The van der Waals surface area contributed by atoms with E-state index in [9.17, 15) is 4.79 Å². The Kier molecular flexibility index (Phi) is 7.30. The zero-order valence-corrected chi connectivity index (χ0v) is 18.5. The lowest BCUT2D eigenvalue weighted by Crippen LogP contribution is -2.07. The van der Waals surface area contributed by atoms with E-state index in [1.807, 2.05) is 60.7 Å². The highest BCUT2D eigenvalue weighted by atomic mass is 127. The standard InChI is InChI=1S/C24H22INO3/c1-17-5-3-4-6-19(17)16-29-22-13-7-18(15-23(22)28-2)8-14-24(27)26-21-11-9-20(25)10-12-21/h3-15H,16H2,1-2H3,(H,26,27)/b14-8+. The molecule has 0 heterocycles. The normalized spacial score (nSPS) is 10.7. The van der Waals surface area contributed by atoms with Crippen molar-refractivity contribution in [2.24, 2.45) is 0 Å². The fourth-order valence-electron chi connectivity index (χ4n) is 2.72. The van der Waals surface area contributed by atoms with Gasteiger partial charge in [-0.2, -0.15) is 0 Å². The number of nitrogens with one attached hydrogen (secondary N) is 1. The van der Waals surface area contributed by atoms with E-state index in [4.69, 9.17) is 9.47 Å². The highest BCUT2D eigenvalue weighted by Gasteiger charge is 2.07. The number of hydrogen-bond acceptors (Lipinski definition) is 3. The van der Waals surface area contributed by atoms with Crippen molar-refractivity contribution in [3.8, 4) is 11.5 Å². The number of anilines is 1. The van der Waals surface area contributed by atoms with Crippen molar-refractivity contribution in [3.63, 3.8) is 0 Å². The average molecular weight is 499 g/mol. The molecule has 0 aromatic heterocycles. The van der Waals surface area contributed by atoms with Crippen molar-refractivity contribution in [2.75, 3.05) is 12.4 Å². The minimum Gasteiger partial charge on any atom is -0.493 e. The van der Waals surface area contributed by atoms with Gasteiger partial charge in [-0.05, 0) is 88.7 Å². The lowest BCUT2D eigenvalue weighted by Gasteiger charge is -2.12. The summed E-state index contributed by atoms with van der Waals surface area (Å²) in [7, 11) is 1.60. The second-order valence-corrected chi connectivity index (χ2v) is 7.70. The van der Waals surface area contributed by atoms with Crippen LogP contribution in [-0.4, -0.2) is 13.0 Å². The summed E-state index contributed by atoms with van der Waals surface area (Å²) in [6.07, 6.45) is 3.25. The third-order valence-corrected chi connectivity index (χ3v) is 5.09. The Morgan fingerprint density at radius 2 is 1.79 bits per heavy atom. The maximum absolute atomic E-state index is 12.1. The van der Waals surface area contributed by atoms with Gasteiger partial charge in [0.2, 0.25) is 5.91 Å². The summed E-state index contributed by atoms with van der Waals surface area (Å²) in [4.78, 5) is 12.1. The summed E-state index contributed by atoms with van der Waals surface area (Å²) in [6, 6.07) is 21.3. The Morgan fingerprint density at radius 3 is 2.52 bits per heavy atom. The summed E-state index contributed by atoms with van der Waals surface area (Å²) in [5.74, 6) is 1.10. The maximum atomic E-state index is 12.1. The molecule has 148 valence electrons. The Bertz CT molecular complexity index is 1010. The van der Waals surface area contributed by atoms with Crippen molar-refractivity contribution >= 4 is 40.3 Å². The molecule has 5 heteroatoms. The van der Waals surface area contributed by atoms with Gasteiger partial charge in [-0.3, -0.25) is 4.79 Å². The molecule has 0 radical (unpaired) electrons. The van der Waals surface area contributed by atoms with Crippen molar-refractivity contribution < 1.29 is 14.3 Å². The van der Waals surface area contributed by atoms with Gasteiger partial charge in [0.1, 0.15) is 6.61 Å². The molecular formula is C24H22INO3. The third-order valence-electron chi connectivity index (χ3n) is 4.37. The van der Waals surface area contributed by atoms with Crippen LogP contribution >= 0.6 is 22.6 Å². The average Bonchev–Trinajstić information content (AvgIpc) is 2.73. The van der Waals surface area contributed by atoms with Crippen LogP contribution in [0.4, 0.5) is 5.69 Å². The first-order valence-electron chi connectivity index (χ1n) is 9.15. The lowest BCUT2D eigenvalue weighted by molar-refractivity contribution is -0.111. The third kappa shape index (κ3) is 6.09. The predicted octanol–water partition coefficient (Wildman–Crippen LogP) is 5.84. The summed E-state index contributed by atoms with van der Waals surface area (Å²) < 4.78 is 12.5. The minimum absolute atomic E-state index is 0.190. The number of rotatable bonds is 7. The van der Waals surface area contributed by atoms with E-state index in [0.29, 0.717) is 18.1 Å². The number of amides is 1. The number of methoxy groups -OCH3 is 1. The molecule has 1 N–H and O–H groups in total. The molecule has 29 heavy (non-hydrogen) atoms. The maximum Gasteiger partial charge on any atom is 0.248 e. The van der Waals surface area contributed by atoms with Crippen LogP contribution in [0.25, 0.3) is 6.08 Å². The van der Waals surface area contributed by atoms with Crippen LogP contribution in [0.15, 0.2) is 72.8 Å². The molecular weight excluding hydrogens is 477 g/mol. The van der Waals surface area contributed by atoms with Gasteiger partial charge >= 0.3 is 0 Å². The molecule has 0 fully saturated rings. The van der Waals surface area contributed by atoms with Crippen LogP contribution in [0.2, 0.25) is 0 Å². The first kappa shape index (κ1) is 20.9. The van der Waals surface area contributed by atoms with E-state index in [2.05, 4.69) is 40.9 Å². The Hall–Kier alpha value is -2.80. The lowest BCUT2D eigenvalue weighted by atomic mass is 10.1. The Balaban J connectivity index is 1.64. The molecule has 4 nitrogen and oxygen atoms in total. The fraction of sp³-hybridized carbons (Fsp3) is 0.125. The number of ether oxygens (including phenoxy) is 2. The summed E-state index contributed by atoms with van der Waals surface area (Å²) >= 11 is 2.23. The smallest absolute Gasteiger partial charge is 0.248 e. The van der Waals surface area contributed by atoms with Gasteiger partial charge in [0.25, 0.3) is 0 Å². The molecule has 3 aromatic carbocycles. The predicted molar refractivity (Wildman–Crippen MR) is 125 cm³/mol. The van der Waals surface area contributed by atoms with E-state index < -0.39 is 0 Å². The van der Waals surface area contributed by atoms with Crippen LogP contribution < -0.4 is 14.8 Å². The second kappa shape index (κ2) is 10.1. The zero-order valence-electron chi connectivity index (χ0n) is 16.3. The summed E-state index contributed by atoms with van der Waals surface area (Å²) in [6.45, 7) is 2.53. The molecule has 1 amide bonds. The van der Waals surface area contributed by atoms with Crippen LogP contribution in [-0.2, 0) is 11.4 Å². The number of halogens is 1. The molecule has 0 spiro atoms. The zero-order chi connectivity index (χ0) is 20.6. The molecule has 0 aliphatic heterocycles. The number of hydrogen-bond donors (Lipinski definition) is 1. The van der Waals surface area contributed by atoms with Gasteiger partial charge < -0.3 is 14.8 Å². The summed E-state index contributed by atoms with van der Waals surface area (Å²) in [5, 5.41) is 2.84. The van der Waals surface area contributed by atoms with Crippen molar-refractivity contribution in [3.05, 3.63) is 93.1 Å². The van der Waals surface area contributed by atoms with E-state index >= 15 is 0 Å². The van der Waals surface area contributed by atoms with Gasteiger partial charge in [0.05, 0.1) is 7.11 Å². The van der Waals surface area contributed by atoms with E-state index in [1.165, 1.54) is 11.6 Å². The highest BCUT2D eigenvalue weighted by molar-refractivity contribution is 14.1. The van der Waals surface area contributed by atoms with Gasteiger partial charge in [-0.1, -0.05) is 30.3 Å². The quantitative estimate of drug-likeness (QED) is 0.328. The van der Waals surface area contributed by atoms with Crippen LogP contribution in [0.1, 0.15) is 16.7 Å². The molecule has 0 unspecified atom stereocenters. The molecule has 3 aromatic rings. The molecule has 3 rings (SSSR count). The monoisotopic (exact) mass is 499 g/mol. The van der Waals surface area contributed by atoms with Crippen LogP contribution in [0, 0.1) is 10.5 Å². The van der Waals surface area contributed by atoms with Gasteiger partial charge in [-0.15, -0.1) is 0 Å². The molecule has 0 bridgehead atoms. The molecule has 0 aliphatic carbocycles. The molecule has 0 saturated heterocycles. The van der Waals surface area contributed by atoms with Crippen LogP contribution in [0.3, 0.4) is 0 Å². The molecule has 0 atom stereocenters. The minimum atomic E-state index is -0.190. The van der Waals surface area contributed by atoms with Crippen molar-refractivity contribution in [1.82, 2.24) is 0 Å². The SMILES string of the molecule is COc1cc(/C=C/C(=O)Nc2ccc(I)cc2)ccc1OCc1ccccc1C. The molecule has 0 saturated carbocycles. The fourth-order valence-corrected chi connectivity index (χ4v) is 3.08. The topological polar surface area (TPSA) is 47.6 Å². The Labute approximate surface area is 184 Å². The summed E-state index contributed by atoms with van der Waals surface area (Å²) in [5.41, 5.74) is 3.93. The largest absolute Gasteiger partial charge is 0.493 e. The van der Waals surface area contributed by atoms with E-state index in [0.717, 1.165) is 20.4 Å². The van der Waals surface area contributed by atoms with Crippen LogP contribution in [0.5, 0.6) is 11.5 Å². The molecule has 0 aliphatic rings. The highest BCUT2D eigenvalue weighted by Crippen LogP contribution is 2.29. The first-order valence-corrected chi connectivity index (χ1v) is 10.2. The van der Waals surface area contributed by atoms with Crippen molar-refractivity contribution in [2.45, 2.75) is 13.5 Å². The first-order chi connectivity index (χ1) is 14.0. The Morgan fingerprint density at radius 1 is 1.03 bits per heavy atom. The number of carbonyl (C=O) groups excluding carboxylic acids is 1. The number of benzene rings is 3. The van der Waals surface area contributed by atoms with Gasteiger partial charge in [0.15, 0.2) is 11.5 Å². The van der Waals surface area contributed by atoms with Gasteiger partial charge in [-0.25, -0.2) is 0 Å². The van der Waals surface area contributed by atoms with Gasteiger partial charge in [0, 0.05) is 15.3 Å². The van der Waals surface area contributed by atoms with Crippen molar-refractivity contribution in [1.29, 1.82) is 0 Å². The number of aryl methyl sites for hydroxylation is 1. The second-order valence-electron chi connectivity index (χ2n) is 6.45. The van der Waals surface area contributed by atoms with E-state index in [-0.39, 0.29) is 5.91 Å². The van der Waals surface area contributed by atoms with E-state index in [1.54, 1.807) is 13.2 Å².